The molecule has 110 valence electrons. The van der Waals surface area contributed by atoms with Gasteiger partial charge in [0.25, 0.3) is 0 Å². The molecule has 0 saturated heterocycles. The van der Waals surface area contributed by atoms with Crippen molar-refractivity contribution in [3.8, 4) is 5.75 Å². The van der Waals surface area contributed by atoms with E-state index in [1.165, 1.54) is 0 Å². The lowest BCUT2D eigenvalue weighted by Gasteiger charge is -2.02. The molecule has 0 bridgehead atoms. The van der Waals surface area contributed by atoms with Crippen LogP contribution in [0.2, 0.25) is 0 Å². The molecule has 1 aliphatic rings. The zero-order chi connectivity index (χ0) is 15.5. The second-order valence-electron chi connectivity index (χ2n) is 5.04. The highest BCUT2D eigenvalue weighted by Crippen LogP contribution is 2.34. The van der Waals surface area contributed by atoms with Gasteiger partial charge in [-0.15, -0.1) is 0 Å². The molecule has 0 fully saturated rings. The molecule has 1 heterocycles. The molecule has 0 radical (unpaired) electrons. The summed E-state index contributed by atoms with van der Waals surface area (Å²) in [7, 11) is 1.62. The highest BCUT2D eigenvalue weighted by Gasteiger charge is 2.28. The standard InChI is InChI=1S/C19H16O3/c1-13-17(12-14-6-4-3-5-7-14)22-19(20)18(13)15-8-10-16(21-2)11-9-15/h3-12H,1-2H3/b17-12-. The molecule has 1 aliphatic heterocycles. The predicted octanol–water partition coefficient (Wildman–Crippen LogP) is 4.07. The quantitative estimate of drug-likeness (QED) is 0.800. The Balaban J connectivity index is 1.99. The molecule has 0 atom stereocenters. The van der Waals surface area contributed by atoms with Crippen molar-refractivity contribution in [2.75, 3.05) is 7.11 Å². The first-order valence-electron chi connectivity index (χ1n) is 7.03. The topological polar surface area (TPSA) is 35.5 Å². The highest BCUT2D eigenvalue weighted by atomic mass is 16.5. The minimum Gasteiger partial charge on any atom is -0.497 e. The number of esters is 1. The van der Waals surface area contributed by atoms with Crippen molar-refractivity contribution >= 4 is 17.6 Å². The summed E-state index contributed by atoms with van der Waals surface area (Å²) in [4.78, 5) is 12.2. The van der Waals surface area contributed by atoms with Crippen LogP contribution in [-0.4, -0.2) is 13.1 Å². The van der Waals surface area contributed by atoms with Gasteiger partial charge in [-0.25, -0.2) is 4.79 Å². The SMILES string of the molecule is COc1ccc(C2=C(C)/C(=C/c3ccccc3)OC2=O)cc1. The van der Waals surface area contributed by atoms with Crippen LogP contribution in [0.4, 0.5) is 0 Å². The highest BCUT2D eigenvalue weighted by molar-refractivity contribution is 6.21. The van der Waals surface area contributed by atoms with Crippen LogP contribution in [0, 0.1) is 0 Å². The van der Waals surface area contributed by atoms with Crippen molar-refractivity contribution in [3.63, 3.8) is 0 Å². The molecule has 0 spiro atoms. The normalized spacial score (nSPS) is 16.1. The molecular formula is C19H16O3. The summed E-state index contributed by atoms with van der Waals surface area (Å²) >= 11 is 0. The van der Waals surface area contributed by atoms with Crippen LogP contribution in [0.1, 0.15) is 18.1 Å². The Morgan fingerprint density at radius 2 is 1.68 bits per heavy atom. The van der Waals surface area contributed by atoms with E-state index in [9.17, 15) is 4.79 Å². The third-order valence-electron chi connectivity index (χ3n) is 3.63. The number of hydrogen-bond acceptors (Lipinski definition) is 3. The van der Waals surface area contributed by atoms with Crippen molar-refractivity contribution in [2.45, 2.75) is 6.92 Å². The van der Waals surface area contributed by atoms with Gasteiger partial charge in [0.1, 0.15) is 11.5 Å². The van der Waals surface area contributed by atoms with Crippen LogP contribution < -0.4 is 4.74 Å². The lowest BCUT2D eigenvalue weighted by atomic mass is 10.0. The van der Waals surface area contributed by atoms with E-state index in [0.717, 1.165) is 22.4 Å². The number of ether oxygens (including phenoxy) is 2. The van der Waals surface area contributed by atoms with Gasteiger partial charge in [0.15, 0.2) is 0 Å². The van der Waals surface area contributed by atoms with Gasteiger partial charge in [0.2, 0.25) is 0 Å². The Hall–Kier alpha value is -2.81. The lowest BCUT2D eigenvalue weighted by molar-refractivity contribution is -0.131. The van der Waals surface area contributed by atoms with Gasteiger partial charge in [-0.2, -0.15) is 0 Å². The molecule has 0 aromatic heterocycles. The van der Waals surface area contributed by atoms with E-state index in [2.05, 4.69) is 0 Å². The Morgan fingerprint density at radius 3 is 2.32 bits per heavy atom. The number of rotatable bonds is 3. The summed E-state index contributed by atoms with van der Waals surface area (Å²) < 4.78 is 10.6. The monoisotopic (exact) mass is 292 g/mol. The lowest BCUT2D eigenvalue weighted by Crippen LogP contribution is -1.98. The maximum atomic E-state index is 12.2. The molecule has 0 N–H and O–H groups in total. The maximum absolute atomic E-state index is 12.2. The third-order valence-corrected chi connectivity index (χ3v) is 3.63. The minimum atomic E-state index is -0.315. The molecule has 3 rings (SSSR count). The van der Waals surface area contributed by atoms with Crippen molar-refractivity contribution in [1.29, 1.82) is 0 Å². The Kier molecular flexibility index (Phi) is 3.79. The number of methoxy groups -OCH3 is 1. The number of benzene rings is 2. The van der Waals surface area contributed by atoms with E-state index >= 15 is 0 Å². The zero-order valence-corrected chi connectivity index (χ0v) is 12.5. The van der Waals surface area contributed by atoms with Crippen LogP contribution in [0.25, 0.3) is 11.6 Å². The van der Waals surface area contributed by atoms with E-state index in [4.69, 9.17) is 9.47 Å². The van der Waals surface area contributed by atoms with E-state index in [0.29, 0.717) is 11.3 Å². The number of carbonyl (C=O) groups is 1. The van der Waals surface area contributed by atoms with Crippen molar-refractivity contribution in [1.82, 2.24) is 0 Å². The summed E-state index contributed by atoms with van der Waals surface area (Å²) in [6.07, 6.45) is 1.88. The predicted molar refractivity (Wildman–Crippen MR) is 86.1 cm³/mol. The number of carbonyl (C=O) groups excluding carboxylic acids is 1. The maximum Gasteiger partial charge on any atom is 0.344 e. The fourth-order valence-corrected chi connectivity index (χ4v) is 2.43. The van der Waals surface area contributed by atoms with E-state index in [1.807, 2.05) is 67.6 Å². The van der Waals surface area contributed by atoms with Gasteiger partial charge < -0.3 is 9.47 Å². The number of cyclic esters (lactones) is 1. The van der Waals surface area contributed by atoms with E-state index in [-0.39, 0.29) is 5.97 Å². The number of hydrogen-bond donors (Lipinski definition) is 0. The molecule has 3 nitrogen and oxygen atoms in total. The van der Waals surface area contributed by atoms with Crippen molar-refractivity contribution in [2.24, 2.45) is 0 Å². The third kappa shape index (κ3) is 2.66. The smallest absolute Gasteiger partial charge is 0.344 e. The molecule has 0 aliphatic carbocycles. The van der Waals surface area contributed by atoms with E-state index < -0.39 is 0 Å². The average molecular weight is 292 g/mol. The number of allylic oxidation sites excluding steroid dienone is 1. The molecule has 2 aromatic rings. The van der Waals surface area contributed by atoms with E-state index in [1.54, 1.807) is 7.11 Å². The Morgan fingerprint density at radius 1 is 1.00 bits per heavy atom. The van der Waals surface area contributed by atoms with Gasteiger partial charge in [-0.3, -0.25) is 0 Å². The Labute approximate surface area is 129 Å². The van der Waals surface area contributed by atoms with Gasteiger partial charge >= 0.3 is 5.97 Å². The second kappa shape index (κ2) is 5.90. The molecular weight excluding hydrogens is 276 g/mol. The van der Waals surface area contributed by atoms with Gasteiger partial charge in [-0.05, 0) is 36.3 Å². The molecule has 22 heavy (non-hydrogen) atoms. The van der Waals surface area contributed by atoms with Gasteiger partial charge in [0, 0.05) is 5.57 Å². The summed E-state index contributed by atoms with van der Waals surface area (Å²) in [5.41, 5.74) is 3.28. The van der Waals surface area contributed by atoms with Crippen molar-refractivity contribution < 1.29 is 14.3 Å². The molecule has 0 saturated carbocycles. The fourth-order valence-electron chi connectivity index (χ4n) is 2.43. The van der Waals surface area contributed by atoms with Crippen LogP contribution in [-0.2, 0) is 9.53 Å². The summed E-state index contributed by atoms with van der Waals surface area (Å²) in [6.45, 7) is 1.90. The summed E-state index contributed by atoms with van der Waals surface area (Å²) in [5, 5.41) is 0. The van der Waals surface area contributed by atoms with Crippen LogP contribution in [0.15, 0.2) is 65.9 Å². The molecule has 0 unspecified atom stereocenters. The largest absolute Gasteiger partial charge is 0.497 e. The van der Waals surface area contributed by atoms with Crippen molar-refractivity contribution in [3.05, 3.63) is 77.1 Å². The van der Waals surface area contributed by atoms with Crippen LogP contribution >= 0.6 is 0 Å². The first-order valence-corrected chi connectivity index (χ1v) is 7.03. The Bertz CT molecular complexity index is 753. The minimum absolute atomic E-state index is 0.315. The fraction of sp³-hybridized carbons (Fsp3) is 0.105. The molecule has 2 aromatic carbocycles. The first-order chi connectivity index (χ1) is 10.7. The summed E-state index contributed by atoms with van der Waals surface area (Å²) in [5.74, 6) is 1.04. The van der Waals surface area contributed by atoms with Gasteiger partial charge in [0.05, 0.1) is 12.7 Å². The molecule has 3 heteroatoms. The second-order valence-corrected chi connectivity index (χ2v) is 5.04. The molecule has 0 amide bonds. The summed E-state index contributed by atoms with van der Waals surface area (Å²) in [6, 6.07) is 17.2. The zero-order valence-electron chi connectivity index (χ0n) is 12.5. The van der Waals surface area contributed by atoms with Crippen LogP contribution in [0.5, 0.6) is 5.75 Å². The first kappa shape index (κ1) is 14.1. The van der Waals surface area contributed by atoms with Crippen LogP contribution in [0.3, 0.4) is 0 Å². The average Bonchev–Trinajstić information content (AvgIpc) is 2.82. The van der Waals surface area contributed by atoms with Gasteiger partial charge in [-0.1, -0.05) is 42.5 Å².